The van der Waals surface area contributed by atoms with Crippen molar-refractivity contribution in [1.82, 2.24) is 20.1 Å². The van der Waals surface area contributed by atoms with Crippen LogP contribution in [0.5, 0.6) is 0 Å². The lowest BCUT2D eigenvalue weighted by Gasteiger charge is -2.16. The average molecular weight is 391 g/mol. The number of methoxy groups -OCH3 is 1. The molecule has 3 aromatic rings. The zero-order valence-corrected chi connectivity index (χ0v) is 16.2. The van der Waals surface area contributed by atoms with Crippen molar-refractivity contribution in [1.29, 1.82) is 0 Å². The van der Waals surface area contributed by atoms with Gasteiger partial charge in [-0.25, -0.2) is 4.79 Å². The van der Waals surface area contributed by atoms with Crippen LogP contribution < -0.4 is 5.32 Å². The smallest absolute Gasteiger partial charge is 0.339 e. The van der Waals surface area contributed by atoms with Crippen molar-refractivity contribution >= 4 is 23.4 Å². The molecule has 0 bridgehead atoms. The summed E-state index contributed by atoms with van der Waals surface area (Å²) in [5.74, 6) is -0.255. The number of rotatable bonds is 7. The van der Waals surface area contributed by atoms with Gasteiger partial charge in [0.2, 0.25) is 0 Å². The van der Waals surface area contributed by atoms with Gasteiger partial charge in [-0.2, -0.15) is 0 Å². The first-order chi connectivity index (χ1) is 14.1. The Hall–Kier alpha value is -3.81. The van der Waals surface area contributed by atoms with Crippen molar-refractivity contribution in [3.63, 3.8) is 0 Å². The summed E-state index contributed by atoms with van der Waals surface area (Å²) in [4.78, 5) is 30.0. The highest BCUT2D eigenvalue weighted by Gasteiger charge is 2.15. The number of ether oxygens (including phenoxy) is 1. The number of hydrogen-bond acceptors (Lipinski definition) is 7. The van der Waals surface area contributed by atoms with Gasteiger partial charge in [-0.15, -0.1) is 10.2 Å². The van der Waals surface area contributed by atoms with Crippen LogP contribution in [0.3, 0.4) is 0 Å². The normalized spacial score (nSPS) is 10.3. The third-order valence-electron chi connectivity index (χ3n) is 4.31. The minimum atomic E-state index is -0.455. The molecule has 0 saturated heterocycles. The zero-order valence-electron chi connectivity index (χ0n) is 16.2. The molecule has 0 radical (unpaired) electrons. The van der Waals surface area contributed by atoms with Crippen molar-refractivity contribution in [2.24, 2.45) is 0 Å². The summed E-state index contributed by atoms with van der Waals surface area (Å²) in [5.41, 5.74) is 2.28. The van der Waals surface area contributed by atoms with Gasteiger partial charge in [0.1, 0.15) is 0 Å². The molecular formula is C21H21N5O3. The fourth-order valence-electron chi connectivity index (χ4n) is 2.67. The van der Waals surface area contributed by atoms with E-state index in [-0.39, 0.29) is 11.6 Å². The van der Waals surface area contributed by atoms with Gasteiger partial charge in [-0.1, -0.05) is 12.1 Å². The Morgan fingerprint density at radius 1 is 1.03 bits per heavy atom. The highest BCUT2D eigenvalue weighted by atomic mass is 16.5. The summed E-state index contributed by atoms with van der Waals surface area (Å²) in [6.45, 7) is 0.553. The van der Waals surface area contributed by atoms with E-state index in [2.05, 4.69) is 20.5 Å². The third-order valence-corrected chi connectivity index (χ3v) is 4.31. The first kappa shape index (κ1) is 19.9. The molecule has 0 aliphatic rings. The maximum Gasteiger partial charge on any atom is 0.339 e. The second-order valence-electron chi connectivity index (χ2n) is 6.30. The summed E-state index contributed by atoms with van der Waals surface area (Å²) in [7, 11) is 3.05. The summed E-state index contributed by atoms with van der Waals surface area (Å²) >= 11 is 0. The van der Waals surface area contributed by atoms with Gasteiger partial charge in [0.25, 0.3) is 5.91 Å². The van der Waals surface area contributed by atoms with Crippen LogP contribution in [0.25, 0.3) is 0 Å². The van der Waals surface area contributed by atoms with Crippen LogP contribution in [0.1, 0.15) is 26.4 Å². The standard InChI is InChI=1S/C21H21N5O3/c1-26(14-11-15-9-12-22-13-10-15)20(27)18-7-8-19(25-24-18)23-17-6-4-3-5-16(17)21(28)29-2/h3-10,12-13H,11,14H2,1-2H3,(H,23,25). The first-order valence-corrected chi connectivity index (χ1v) is 9.01. The lowest BCUT2D eigenvalue weighted by atomic mass is 10.2. The van der Waals surface area contributed by atoms with Gasteiger partial charge in [-0.05, 0) is 48.4 Å². The lowest BCUT2D eigenvalue weighted by molar-refractivity contribution is 0.0601. The molecule has 0 saturated carbocycles. The minimum Gasteiger partial charge on any atom is -0.465 e. The van der Waals surface area contributed by atoms with E-state index in [0.29, 0.717) is 23.6 Å². The van der Waals surface area contributed by atoms with Crippen LogP contribution >= 0.6 is 0 Å². The highest BCUT2D eigenvalue weighted by molar-refractivity contribution is 5.96. The summed E-state index contributed by atoms with van der Waals surface area (Å²) in [5, 5.41) is 11.1. The predicted octanol–water partition coefficient (Wildman–Crippen LogP) is 2.72. The second kappa shape index (κ2) is 9.41. The molecule has 2 aromatic heterocycles. The van der Waals surface area contributed by atoms with Crippen molar-refractivity contribution in [2.45, 2.75) is 6.42 Å². The van der Waals surface area contributed by atoms with E-state index in [1.807, 2.05) is 12.1 Å². The fraction of sp³-hybridized carbons (Fsp3) is 0.190. The van der Waals surface area contributed by atoms with Crippen molar-refractivity contribution in [2.75, 3.05) is 26.0 Å². The number of amides is 1. The number of anilines is 2. The van der Waals surface area contributed by atoms with Crippen LogP contribution in [0.4, 0.5) is 11.5 Å². The molecule has 148 valence electrons. The molecule has 0 aliphatic heterocycles. The molecule has 3 rings (SSSR count). The number of carbonyl (C=O) groups excluding carboxylic acids is 2. The molecule has 8 heteroatoms. The first-order valence-electron chi connectivity index (χ1n) is 9.01. The maximum atomic E-state index is 12.5. The van der Waals surface area contributed by atoms with Gasteiger partial charge < -0.3 is 15.0 Å². The van der Waals surface area contributed by atoms with Gasteiger partial charge in [0, 0.05) is 26.0 Å². The summed E-state index contributed by atoms with van der Waals surface area (Å²) < 4.78 is 4.78. The Morgan fingerprint density at radius 3 is 2.48 bits per heavy atom. The molecule has 1 N–H and O–H groups in total. The van der Waals surface area contributed by atoms with Gasteiger partial charge in [0.05, 0.1) is 18.4 Å². The molecule has 2 heterocycles. The molecule has 1 aromatic carbocycles. The third kappa shape index (κ3) is 5.13. The minimum absolute atomic E-state index is 0.215. The molecule has 0 spiro atoms. The topological polar surface area (TPSA) is 97.3 Å². The lowest BCUT2D eigenvalue weighted by Crippen LogP contribution is -2.29. The Bertz CT molecular complexity index is 977. The fourth-order valence-corrected chi connectivity index (χ4v) is 2.67. The van der Waals surface area contributed by atoms with Crippen LogP contribution in [0.2, 0.25) is 0 Å². The number of benzene rings is 1. The van der Waals surface area contributed by atoms with Crippen molar-refractivity contribution in [3.8, 4) is 0 Å². The monoisotopic (exact) mass is 391 g/mol. The Labute approximate surface area is 168 Å². The molecule has 29 heavy (non-hydrogen) atoms. The molecule has 0 fully saturated rings. The number of likely N-dealkylation sites (N-methyl/N-ethyl adjacent to an activating group) is 1. The summed E-state index contributed by atoms with van der Waals surface area (Å²) in [6, 6.07) is 14.0. The molecule has 0 atom stereocenters. The van der Waals surface area contributed by atoms with E-state index in [4.69, 9.17) is 4.74 Å². The number of pyridine rings is 1. The Morgan fingerprint density at radius 2 is 1.79 bits per heavy atom. The number of carbonyl (C=O) groups is 2. The number of nitrogens with one attached hydrogen (secondary N) is 1. The van der Waals surface area contributed by atoms with Crippen molar-refractivity contribution in [3.05, 3.63) is 77.7 Å². The zero-order chi connectivity index (χ0) is 20.6. The van der Waals surface area contributed by atoms with Gasteiger partial charge in [-0.3, -0.25) is 9.78 Å². The van der Waals surface area contributed by atoms with Crippen LogP contribution in [0, 0.1) is 0 Å². The number of hydrogen-bond donors (Lipinski definition) is 1. The number of nitrogens with zero attached hydrogens (tertiary/aromatic N) is 4. The molecule has 1 amide bonds. The molecule has 0 unspecified atom stereocenters. The van der Waals surface area contributed by atoms with Crippen LogP contribution in [-0.4, -0.2) is 52.7 Å². The highest BCUT2D eigenvalue weighted by Crippen LogP contribution is 2.20. The van der Waals surface area contributed by atoms with E-state index < -0.39 is 5.97 Å². The molecule has 8 nitrogen and oxygen atoms in total. The predicted molar refractivity (Wildman–Crippen MR) is 108 cm³/mol. The Balaban J connectivity index is 1.64. The molecule has 0 aliphatic carbocycles. The number of para-hydroxylation sites is 1. The van der Waals surface area contributed by atoms with E-state index in [1.165, 1.54) is 7.11 Å². The van der Waals surface area contributed by atoms with Crippen LogP contribution in [0.15, 0.2) is 60.9 Å². The van der Waals surface area contributed by atoms with Crippen molar-refractivity contribution < 1.29 is 14.3 Å². The molecular weight excluding hydrogens is 370 g/mol. The van der Waals surface area contributed by atoms with Crippen LogP contribution in [-0.2, 0) is 11.2 Å². The van der Waals surface area contributed by atoms with E-state index in [0.717, 1.165) is 12.0 Å². The average Bonchev–Trinajstić information content (AvgIpc) is 2.78. The second-order valence-corrected chi connectivity index (χ2v) is 6.30. The van der Waals surface area contributed by atoms with Gasteiger partial charge >= 0.3 is 5.97 Å². The maximum absolute atomic E-state index is 12.5. The van der Waals surface area contributed by atoms with E-state index in [9.17, 15) is 9.59 Å². The SMILES string of the molecule is COC(=O)c1ccccc1Nc1ccc(C(=O)N(C)CCc2ccncc2)nn1. The number of esters is 1. The largest absolute Gasteiger partial charge is 0.465 e. The number of aromatic nitrogens is 3. The quantitative estimate of drug-likeness (QED) is 0.619. The summed E-state index contributed by atoms with van der Waals surface area (Å²) in [6.07, 6.45) is 4.18. The Kier molecular flexibility index (Phi) is 6.47. The van der Waals surface area contributed by atoms with E-state index >= 15 is 0 Å². The van der Waals surface area contributed by atoms with E-state index in [1.54, 1.807) is 60.7 Å². The van der Waals surface area contributed by atoms with Gasteiger partial charge in [0.15, 0.2) is 11.5 Å².